The predicted octanol–water partition coefficient (Wildman–Crippen LogP) is 1.57. The van der Waals surface area contributed by atoms with Crippen LogP contribution in [0.2, 0.25) is 0 Å². The molecular formula is C10H17ClN2OS. The Kier molecular flexibility index (Phi) is 7.38. The summed E-state index contributed by atoms with van der Waals surface area (Å²) < 4.78 is 0. The highest BCUT2D eigenvalue weighted by atomic mass is 35.5. The van der Waals surface area contributed by atoms with Crippen LogP contribution >= 0.6 is 23.7 Å². The number of thiophene rings is 1. The van der Waals surface area contributed by atoms with E-state index in [0.29, 0.717) is 13.0 Å². The number of carbonyl (C=O) groups excluding carboxylic acids is 1. The molecule has 0 radical (unpaired) electrons. The van der Waals surface area contributed by atoms with Crippen molar-refractivity contribution in [3.63, 3.8) is 0 Å². The van der Waals surface area contributed by atoms with Gasteiger partial charge in [-0.15, -0.1) is 12.4 Å². The van der Waals surface area contributed by atoms with Crippen LogP contribution in [0.1, 0.15) is 18.9 Å². The Morgan fingerprint density at radius 2 is 2.40 bits per heavy atom. The molecule has 15 heavy (non-hydrogen) atoms. The minimum Gasteiger partial charge on any atom is -0.356 e. The summed E-state index contributed by atoms with van der Waals surface area (Å²) in [7, 11) is 0. The van der Waals surface area contributed by atoms with Crippen molar-refractivity contribution in [2.24, 2.45) is 5.73 Å². The van der Waals surface area contributed by atoms with Gasteiger partial charge in [-0.3, -0.25) is 4.79 Å². The summed E-state index contributed by atoms with van der Waals surface area (Å²) in [6.07, 6.45) is 1.30. The second-order valence-electron chi connectivity index (χ2n) is 3.41. The molecule has 5 heteroatoms. The van der Waals surface area contributed by atoms with Crippen molar-refractivity contribution in [1.82, 2.24) is 5.32 Å². The summed E-state index contributed by atoms with van der Waals surface area (Å²) in [4.78, 5) is 11.2. The number of rotatable bonds is 5. The van der Waals surface area contributed by atoms with Crippen LogP contribution in [0.4, 0.5) is 0 Å². The fourth-order valence-electron chi connectivity index (χ4n) is 1.15. The predicted molar refractivity (Wildman–Crippen MR) is 66.5 cm³/mol. The third-order valence-corrected chi connectivity index (χ3v) is 2.56. The number of hydrogen-bond donors (Lipinski definition) is 2. The number of hydrogen-bond acceptors (Lipinski definition) is 3. The lowest BCUT2D eigenvalue weighted by molar-refractivity contribution is -0.121. The van der Waals surface area contributed by atoms with Gasteiger partial charge >= 0.3 is 0 Å². The Labute approximate surface area is 100 Å². The number of nitrogens with one attached hydrogen (secondary N) is 1. The first-order chi connectivity index (χ1) is 6.68. The minimum absolute atomic E-state index is 0. The fourth-order valence-corrected chi connectivity index (χ4v) is 1.85. The zero-order valence-corrected chi connectivity index (χ0v) is 10.4. The summed E-state index contributed by atoms with van der Waals surface area (Å²) in [5.41, 5.74) is 6.77. The van der Waals surface area contributed by atoms with E-state index in [4.69, 9.17) is 5.73 Å². The Hall–Kier alpha value is -0.580. The van der Waals surface area contributed by atoms with E-state index in [1.54, 1.807) is 11.3 Å². The molecule has 0 fully saturated rings. The van der Waals surface area contributed by atoms with Gasteiger partial charge in [0.05, 0.1) is 0 Å². The normalized spacial score (nSPS) is 11.6. The lowest BCUT2D eigenvalue weighted by Crippen LogP contribution is -2.31. The largest absolute Gasteiger partial charge is 0.356 e. The smallest absolute Gasteiger partial charge is 0.221 e. The second kappa shape index (κ2) is 7.68. The van der Waals surface area contributed by atoms with Crippen molar-refractivity contribution in [1.29, 1.82) is 0 Å². The van der Waals surface area contributed by atoms with Crippen LogP contribution in [0, 0.1) is 0 Å². The van der Waals surface area contributed by atoms with Crippen molar-refractivity contribution < 1.29 is 4.79 Å². The first kappa shape index (κ1) is 14.4. The zero-order chi connectivity index (χ0) is 10.4. The molecule has 1 heterocycles. The molecule has 0 aliphatic heterocycles. The first-order valence-corrected chi connectivity index (χ1v) is 5.66. The summed E-state index contributed by atoms with van der Waals surface area (Å²) in [6, 6.07) is 2.01. The van der Waals surface area contributed by atoms with Crippen LogP contribution < -0.4 is 11.1 Å². The number of nitrogens with two attached hydrogens (primary N) is 1. The molecule has 1 rings (SSSR count). The zero-order valence-electron chi connectivity index (χ0n) is 8.73. The van der Waals surface area contributed by atoms with E-state index in [2.05, 4.69) is 16.8 Å². The van der Waals surface area contributed by atoms with Gasteiger partial charge in [-0.2, -0.15) is 11.3 Å². The molecular weight excluding hydrogens is 232 g/mol. The minimum atomic E-state index is -0.0591. The molecule has 1 aromatic heterocycles. The molecule has 0 saturated carbocycles. The third-order valence-electron chi connectivity index (χ3n) is 1.82. The molecule has 0 aromatic carbocycles. The third kappa shape index (κ3) is 6.49. The average Bonchev–Trinajstić information content (AvgIpc) is 2.55. The van der Waals surface area contributed by atoms with Crippen LogP contribution in [0.15, 0.2) is 16.8 Å². The standard InChI is InChI=1S/C10H16N2OS.ClH/c1-8(11)6-10(13)12-4-2-9-3-5-14-7-9;/h3,5,7-8H,2,4,6,11H2,1H3,(H,12,13);1H. The highest BCUT2D eigenvalue weighted by molar-refractivity contribution is 7.07. The van der Waals surface area contributed by atoms with Gasteiger partial charge < -0.3 is 11.1 Å². The lowest BCUT2D eigenvalue weighted by Gasteiger charge is -2.06. The lowest BCUT2D eigenvalue weighted by atomic mass is 10.2. The molecule has 1 atom stereocenters. The molecule has 1 unspecified atom stereocenters. The number of halogens is 1. The Balaban J connectivity index is 0.00000196. The van der Waals surface area contributed by atoms with Crippen molar-refractivity contribution in [2.45, 2.75) is 25.8 Å². The van der Waals surface area contributed by atoms with Crippen LogP contribution in [0.3, 0.4) is 0 Å². The molecule has 3 nitrogen and oxygen atoms in total. The highest BCUT2D eigenvalue weighted by Gasteiger charge is 2.03. The average molecular weight is 249 g/mol. The second-order valence-corrected chi connectivity index (χ2v) is 4.19. The molecule has 3 N–H and O–H groups in total. The highest BCUT2D eigenvalue weighted by Crippen LogP contribution is 2.05. The maximum atomic E-state index is 11.2. The quantitative estimate of drug-likeness (QED) is 0.831. The van der Waals surface area contributed by atoms with Crippen LogP contribution in [-0.4, -0.2) is 18.5 Å². The van der Waals surface area contributed by atoms with Crippen molar-refractivity contribution in [2.75, 3.05) is 6.54 Å². The maximum absolute atomic E-state index is 11.2. The molecule has 0 aliphatic rings. The fraction of sp³-hybridized carbons (Fsp3) is 0.500. The van der Waals surface area contributed by atoms with E-state index in [1.165, 1.54) is 5.56 Å². The summed E-state index contributed by atoms with van der Waals surface area (Å²) in [5, 5.41) is 6.97. The molecule has 0 saturated heterocycles. The van der Waals surface area contributed by atoms with E-state index in [1.807, 2.05) is 12.3 Å². The molecule has 1 aromatic rings. The first-order valence-electron chi connectivity index (χ1n) is 4.72. The van der Waals surface area contributed by atoms with Gasteiger partial charge in [-0.05, 0) is 35.7 Å². The topological polar surface area (TPSA) is 55.1 Å². The van der Waals surface area contributed by atoms with Gasteiger partial charge in [-0.1, -0.05) is 0 Å². The Morgan fingerprint density at radius 3 is 2.93 bits per heavy atom. The van der Waals surface area contributed by atoms with E-state index >= 15 is 0 Å². The van der Waals surface area contributed by atoms with E-state index in [-0.39, 0.29) is 24.4 Å². The summed E-state index contributed by atoms with van der Waals surface area (Å²) in [6.45, 7) is 2.53. The molecule has 86 valence electrons. The van der Waals surface area contributed by atoms with Crippen molar-refractivity contribution in [3.8, 4) is 0 Å². The van der Waals surface area contributed by atoms with E-state index < -0.39 is 0 Å². The van der Waals surface area contributed by atoms with Crippen LogP contribution in [0.25, 0.3) is 0 Å². The van der Waals surface area contributed by atoms with Gasteiger partial charge in [-0.25, -0.2) is 0 Å². The molecule has 0 bridgehead atoms. The molecule has 0 spiro atoms. The van der Waals surface area contributed by atoms with Gasteiger partial charge in [0, 0.05) is 19.0 Å². The Bertz CT molecular complexity index is 275. The SMILES string of the molecule is CC(N)CC(=O)NCCc1ccsc1.Cl. The molecule has 0 aliphatic carbocycles. The van der Waals surface area contributed by atoms with Crippen molar-refractivity contribution in [3.05, 3.63) is 22.4 Å². The summed E-state index contributed by atoms with van der Waals surface area (Å²) in [5.74, 6) is 0.0372. The number of amides is 1. The van der Waals surface area contributed by atoms with Crippen LogP contribution in [-0.2, 0) is 11.2 Å². The van der Waals surface area contributed by atoms with Crippen molar-refractivity contribution >= 4 is 29.7 Å². The summed E-state index contributed by atoms with van der Waals surface area (Å²) >= 11 is 1.68. The van der Waals surface area contributed by atoms with Crippen LogP contribution in [0.5, 0.6) is 0 Å². The van der Waals surface area contributed by atoms with E-state index in [9.17, 15) is 4.79 Å². The number of carbonyl (C=O) groups is 1. The Morgan fingerprint density at radius 1 is 1.67 bits per heavy atom. The van der Waals surface area contributed by atoms with E-state index in [0.717, 1.165) is 6.42 Å². The monoisotopic (exact) mass is 248 g/mol. The molecule has 1 amide bonds. The van der Waals surface area contributed by atoms with Gasteiger partial charge in [0.1, 0.15) is 0 Å². The maximum Gasteiger partial charge on any atom is 0.221 e. The van der Waals surface area contributed by atoms with Gasteiger partial charge in [0.25, 0.3) is 0 Å². The van der Waals surface area contributed by atoms with Gasteiger partial charge in [0.15, 0.2) is 0 Å². The van der Waals surface area contributed by atoms with Gasteiger partial charge in [0.2, 0.25) is 5.91 Å².